The van der Waals surface area contributed by atoms with Crippen molar-refractivity contribution in [2.24, 2.45) is 17.8 Å². The molecule has 2 heteroatoms. The molecule has 60 valence electrons. The number of nitrogens with zero attached hydrogens (tertiary/aromatic N) is 1. The van der Waals surface area contributed by atoms with Gasteiger partial charge in [0.2, 0.25) is 0 Å². The standard InChI is InChI=1S/C9H13NO/c1-9(11)4-6-2-7(5-10)8(9)3-6/h6-8,11H,2-4H2,1H3/t6-,7+,8-,9+/m1/s1. The molecule has 0 aromatic heterocycles. The first-order chi connectivity index (χ1) is 5.13. The summed E-state index contributed by atoms with van der Waals surface area (Å²) in [5, 5.41) is 18.6. The fourth-order valence-corrected chi connectivity index (χ4v) is 2.88. The van der Waals surface area contributed by atoms with Crippen LogP contribution in [0.5, 0.6) is 0 Å². The van der Waals surface area contributed by atoms with Crippen LogP contribution < -0.4 is 0 Å². The Bertz CT molecular complexity index is 216. The molecular formula is C9H13NO. The van der Waals surface area contributed by atoms with Crippen LogP contribution in [-0.2, 0) is 0 Å². The Morgan fingerprint density at radius 3 is 2.64 bits per heavy atom. The van der Waals surface area contributed by atoms with Crippen LogP contribution in [0.25, 0.3) is 0 Å². The van der Waals surface area contributed by atoms with Crippen LogP contribution in [-0.4, -0.2) is 10.7 Å². The Morgan fingerprint density at radius 2 is 2.27 bits per heavy atom. The van der Waals surface area contributed by atoms with Gasteiger partial charge in [0.05, 0.1) is 17.6 Å². The highest BCUT2D eigenvalue weighted by atomic mass is 16.3. The Kier molecular flexibility index (Phi) is 1.28. The molecule has 1 N–H and O–H groups in total. The summed E-state index contributed by atoms with van der Waals surface area (Å²) in [7, 11) is 0. The average Bonchev–Trinajstić information content (AvgIpc) is 2.41. The van der Waals surface area contributed by atoms with Crippen LogP contribution in [0.4, 0.5) is 0 Å². The Labute approximate surface area is 66.8 Å². The summed E-state index contributed by atoms with van der Waals surface area (Å²) in [6.45, 7) is 1.88. The van der Waals surface area contributed by atoms with Gasteiger partial charge in [0, 0.05) is 5.92 Å². The van der Waals surface area contributed by atoms with E-state index < -0.39 is 5.60 Å². The summed E-state index contributed by atoms with van der Waals surface area (Å²) in [6, 6.07) is 2.29. The molecule has 2 rings (SSSR count). The predicted octanol–water partition coefficient (Wildman–Crippen LogP) is 1.31. The fraction of sp³-hybridized carbons (Fsp3) is 0.889. The first kappa shape index (κ1) is 7.12. The van der Waals surface area contributed by atoms with E-state index in [1.165, 1.54) is 0 Å². The molecule has 0 aromatic rings. The number of hydrogen-bond donors (Lipinski definition) is 1. The third-order valence-electron chi connectivity index (χ3n) is 3.33. The van der Waals surface area contributed by atoms with Gasteiger partial charge in [-0.2, -0.15) is 5.26 Å². The van der Waals surface area contributed by atoms with E-state index >= 15 is 0 Å². The second-order valence-electron chi connectivity index (χ2n) is 4.24. The second kappa shape index (κ2) is 1.98. The highest BCUT2D eigenvalue weighted by Crippen LogP contribution is 2.53. The van der Waals surface area contributed by atoms with Crippen molar-refractivity contribution < 1.29 is 5.11 Å². The SMILES string of the molecule is C[C@]1(O)C[C@@H]2C[C@@H](C#N)[C@H]1C2. The Morgan fingerprint density at radius 1 is 1.55 bits per heavy atom. The largest absolute Gasteiger partial charge is 0.390 e. The van der Waals surface area contributed by atoms with Crippen LogP contribution in [0.15, 0.2) is 0 Å². The van der Waals surface area contributed by atoms with Crippen molar-refractivity contribution in [1.29, 1.82) is 5.26 Å². The zero-order chi connectivity index (χ0) is 8.06. The molecule has 0 unspecified atom stereocenters. The van der Waals surface area contributed by atoms with Gasteiger partial charge in [0.15, 0.2) is 0 Å². The minimum Gasteiger partial charge on any atom is -0.390 e. The van der Waals surface area contributed by atoms with Crippen LogP contribution in [0, 0.1) is 29.1 Å². The molecule has 0 aliphatic heterocycles. The van der Waals surface area contributed by atoms with E-state index in [4.69, 9.17) is 5.26 Å². The molecule has 0 radical (unpaired) electrons. The van der Waals surface area contributed by atoms with Crippen molar-refractivity contribution >= 4 is 0 Å². The average molecular weight is 151 g/mol. The number of hydrogen-bond acceptors (Lipinski definition) is 2. The summed E-state index contributed by atoms with van der Waals surface area (Å²) in [5.41, 5.74) is -0.538. The third kappa shape index (κ3) is 0.877. The number of aliphatic hydroxyl groups is 1. The molecule has 0 saturated heterocycles. The quantitative estimate of drug-likeness (QED) is 0.567. The molecular weight excluding hydrogens is 138 g/mol. The van der Waals surface area contributed by atoms with Crippen molar-refractivity contribution in [2.45, 2.75) is 31.8 Å². The first-order valence-corrected chi connectivity index (χ1v) is 4.25. The monoisotopic (exact) mass is 151 g/mol. The number of rotatable bonds is 0. The molecule has 2 bridgehead atoms. The smallest absolute Gasteiger partial charge is 0.0663 e. The van der Waals surface area contributed by atoms with Gasteiger partial charge >= 0.3 is 0 Å². The maximum atomic E-state index is 9.84. The van der Waals surface area contributed by atoms with Crippen molar-refractivity contribution in [2.75, 3.05) is 0 Å². The van der Waals surface area contributed by atoms with E-state index in [-0.39, 0.29) is 11.8 Å². The van der Waals surface area contributed by atoms with E-state index in [1.807, 2.05) is 6.92 Å². The predicted molar refractivity (Wildman–Crippen MR) is 40.6 cm³/mol. The minimum absolute atomic E-state index is 0.128. The van der Waals surface area contributed by atoms with Gasteiger partial charge in [-0.25, -0.2) is 0 Å². The molecule has 11 heavy (non-hydrogen) atoms. The topological polar surface area (TPSA) is 44.0 Å². The third-order valence-corrected chi connectivity index (χ3v) is 3.33. The van der Waals surface area contributed by atoms with Crippen LogP contribution in [0.3, 0.4) is 0 Å². The summed E-state index contributed by atoms with van der Waals surface area (Å²) < 4.78 is 0. The lowest BCUT2D eigenvalue weighted by Gasteiger charge is -2.30. The van der Waals surface area contributed by atoms with Gasteiger partial charge < -0.3 is 5.11 Å². The molecule has 2 aliphatic rings. The van der Waals surface area contributed by atoms with Crippen molar-refractivity contribution in [1.82, 2.24) is 0 Å². The Balaban J connectivity index is 2.22. The lowest BCUT2D eigenvalue weighted by Crippen LogP contribution is -2.35. The summed E-state index contributed by atoms with van der Waals surface area (Å²) in [6.07, 6.45) is 3.01. The lowest BCUT2D eigenvalue weighted by molar-refractivity contribution is -0.00816. The second-order valence-corrected chi connectivity index (χ2v) is 4.24. The van der Waals surface area contributed by atoms with Gasteiger partial charge in [0.1, 0.15) is 0 Å². The number of fused-ring (bicyclic) bond motifs is 2. The highest BCUT2D eigenvalue weighted by Gasteiger charge is 2.52. The molecule has 4 atom stereocenters. The van der Waals surface area contributed by atoms with Gasteiger partial charge in [-0.05, 0) is 32.1 Å². The molecule has 0 heterocycles. The molecule has 0 amide bonds. The number of nitriles is 1. The van der Waals surface area contributed by atoms with Gasteiger partial charge in [-0.1, -0.05) is 0 Å². The zero-order valence-corrected chi connectivity index (χ0v) is 6.75. The van der Waals surface area contributed by atoms with E-state index in [9.17, 15) is 5.11 Å². The van der Waals surface area contributed by atoms with Crippen molar-refractivity contribution in [3.05, 3.63) is 0 Å². The maximum Gasteiger partial charge on any atom is 0.0663 e. The van der Waals surface area contributed by atoms with Crippen LogP contribution >= 0.6 is 0 Å². The summed E-state index contributed by atoms with van der Waals surface area (Å²) in [5.74, 6) is 1.01. The van der Waals surface area contributed by atoms with Crippen molar-refractivity contribution in [3.8, 4) is 6.07 Å². The molecule has 2 nitrogen and oxygen atoms in total. The Hall–Kier alpha value is -0.550. The molecule has 0 aromatic carbocycles. The van der Waals surface area contributed by atoms with E-state index in [1.54, 1.807) is 0 Å². The normalized spacial score (nSPS) is 54.5. The van der Waals surface area contributed by atoms with Crippen molar-refractivity contribution in [3.63, 3.8) is 0 Å². The summed E-state index contributed by atoms with van der Waals surface area (Å²) >= 11 is 0. The summed E-state index contributed by atoms with van der Waals surface area (Å²) in [4.78, 5) is 0. The first-order valence-electron chi connectivity index (χ1n) is 4.25. The zero-order valence-electron chi connectivity index (χ0n) is 6.75. The molecule has 0 spiro atoms. The van der Waals surface area contributed by atoms with E-state index in [0.29, 0.717) is 5.92 Å². The fourth-order valence-electron chi connectivity index (χ4n) is 2.88. The van der Waals surface area contributed by atoms with E-state index in [2.05, 4.69) is 6.07 Å². The lowest BCUT2D eigenvalue weighted by atomic mass is 9.79. The molecule has 2 aliphatic carbocycles. The van der Waals surface area contributed by atoms with Crippen LogP contribution in [0.2, 0.25) is 0 Å². The maximum absolute atomic E-state index is 9.84. The van der Waals surface area contributed by atoms with Crippen LogP contribution in [0.1, 0.15) is 26.2 Å². The molecule has 2 fully saturated rings. The van der Waals surface area contributed by atoms with Gasteiger partial charge in [-0.15, -0.1) is 0 Å². The highest BCUT2D eigenvalue weighted by molar-refractivity contribution is 5.08. The minimum atomic E-state index is -0.538. The van der Waals surface area contributed by atoms with Gasteiger partial charge in [-0.3, -0.25) is 0 Å². The van der Waals surface area contributed by atoms with E-state index in [0.717, 1.165) is 19.3 Å². The molecule has 2 saturated carbocycles. The van der Waals surface area contributed by atoms with Gasteiger partial charge in [0.25, 0.3) is 0 Å².